The fraction of sp³-hybridized carbons (Fsp3) is 0.400. The van der Waals surface area contributed by atoms with E-state index in [1.165, 1.54) is 11.1 Å². The topological polar surface area (TPSA) is 32.3 Å². The summed E-state index contributed by atoms with van der Waals surface area (Å²) in [7, 11) is 0. The Hall–Kier alpha value is -1.79. The summed E-state index contributed by atoms with van der Waals surface area (Å²) >= 11 is 0. The Morgan fingerprint density at radius 2 is 2.39 bits per heavy atom. The van der Waals surface area contributed by atoms with Crippen molar-refractivity contribution in [1.82, 2.24) is 10.2 Å². The van der Waals surface area contributed by atoms with Crippen molar-refractivity contribution < 1.29 is 4.79 Å². The molecule has 1 amide bonds. The van der Waals surface area contributed by atoms with Gasteiger partial charge in [0.05, 0.1) is 6.54 Å². The molecular weight excluding hydrogens is 224 g/mol. The Labute approximate surface area is 108 Å². The van der Waals surface area contributed by atoms with Crippen LogP contribution in [0.2, 0.25) is 0 Å². The SMILES string of the molecule is C#CCN(CC)C(=O)c1cccc2c1CCNC2. The zero-order valence-electron chi connectivity index (χ0n) is 10.7. The van der Waals surface area contributed by atoms with E-state index in [9.17, 15) is 4.79 Å². The number of benzene rings is 1. The van der Waals surface area contributed by atoms with Crippen LogP contribution in [0, 0.1) is 12.3 Å². The van der Waals surface area contributed by atoms with Crippen LogP contribution in [0.5, 0.6) is 0 Å². The maximum atomic E-state index is 12.4. The minimum atomic E-state index is 0.0502. The summed E-state index contributed by atoms with van der Waals surface area (Å²) in [5, 5.41) is 3.32. The number of amides is 1. The summed E-state index contributed by atoms with van der Waals surface area (Å²) in [6.45, 7) is 4.74. The Morgan fingerprint density at radius 3 is 3.11 bits per heavy atom. The van der Waals surface area contributed by atoms with Gasteiger partial charge < -0.3 is 10.2 Å². The number of rotatable bonds is 3. The van der Waals surface area contributed by atoms with E-state index in [1.807, 2.05) is 19.1 Å². The number of hydrogen-bond donors (Lipinski definition) is 1. The summed E-state index contributed by atoms with van der Waals surface area (Å²) in [4.78, 5) is 14.2. The van der Waals surface area contributed by atoms with Crippen LogP contribution in [0.15, 0.2) is 18.2 Å². The van der Waals surface area contributed by atoms with Gasteiger partial charge in [0.25, 0.3) is 5.91 Å². The molecule has 3 heteroatoms. The van der Waals surface area contributed by atoms with Gasteiger partial charge in [0.15, 0.2) is 0 Å². The number of nitrogens with zero attached hydrogens (tertiary/aromatic N) is 1. The van der Waals surface area contributed by atoms with Crippen LogP contribution in [0.25, 0.3) is 0 Å². The van der Waals surface area contributed by atoms with Gasteiger partial charge in [-0.3, -0.25) is 4.79 Å². The van der Waals surface area contributed by atoms with Crippen LogP contribution in [0.4, 0.5) is 0 Å². The second kappa shape index (κ2) is 5.70. The Morgan fingerprint density at radius 1 is 1.56 bits per heavy atom. The third-order valence-corrected chi connectivity index (χ3v) is 3.32. The fourth-order valence-corrected chi connectivity index (χ4v) is 2.34. The van der Waals surface area contributed by atoms with Gasteiger partial charge in [-0.25, -0.2) is 0 Å². The zero-order chi connectivity index (χ0) is 13.0. The van der Waals surface area contributed by atoms with Gasteiger partial charge in [-0.2, -0.15) is 0 Å². The minimum Gasteiger partial charge on any atom is -0.328 e. The highest BCUT2D eigenvalue weighted by Crippen LogP contribution is 2.20. The monoisotopic (exact) mass is 242 g/mol. The number of nitrogens with one attached hydrogen (secondary N) is 1. The Balaban J connectivity index is 2.33. The highest BCUT2D eigenvalue weighted by Gasteiger charge is 2.20. The van der Waals surface area contributed by atoms with Crippen LogP contribution in [-0.2, 0) is 13.0 Å². The molecule has 1 N–H and O–H groups in total. The minimum absolute atomic E-state index is 0.0502. The number of hydrogen-bond acceptors (Lipinski definition) is 2. The molecular formula is C15H18N2O. The predicted molar refractivity (Wildman–Crippen MR) is 72.3 cm³/mol. The molecule has 1 heterocycles. The lowest BCUT2D eigenvalue weighted by atomic mass is 9.95. The summed E-state index contributed by atoms with van der Waals surface area (Å²) in [5.41, 5.74) is 3.21. The van der Waals surface area contributed by atoms with E-state index in [4.69, 9.17) is 6.42 Å². The summed E-state index contributed by atoms with van der Waals surface area (Å²) in [5.74, 6) is 2.59. The van der Waals surface area contributed by atoms with Crippen LogP contribution in [0.3, 0.4) is 0 Å². The van der Waals surface area contributed by atoms with Gasteiger partial charge in [0.1, 0.15) is 0 Å². The predicted octanol–water partition coefficient (Wildman–Crippen LogP) is 1.43. The van der Waals surface area contributed by atoms with Gasteiger partial charge in [-0.1, -0.05) is 18.1 Å². The summed E-state index contributed by atoms with van der Waals surface area (Å²) in [6, 6.07) is 5.93. The molecule has 1 aromatic rings. The number of carbonyl (C=O) groups excluding carboxylic acids is 1. The number of carbonyl (C=O) groups is 1. The fourth-order valence-electron chi connectivity index (χ4n) is 2.34. The molecule has 3 nitrogen and oxygen atoms in total. The molecule has 0 spiro atoms. The molecule has 0 aliphatic carbocycles. The van der Waals surface area contributed by atoms with Gasteiger partial charge in [0, 0.05) is 18.7 Å². The van der Waals surface area contributed by atoms with E-state index < -0.39 is 0 Å². The van der Waals surface area contributed by atoms with E-state index >= 15 is 0 Å². The van der Waals surface area contributed by atoms with E-state index in [0.29, 0.717) is 13.1 Å². The van der Waals surface area contributed by atoms with Gasteiger partial charge >= 0.3 is 0 Å². The molecule has 0 atom stereocenters. The summed E-state index contributed by atoms with van der Waals surface area (Å²) < 4.78 is 0. The van der Waals surface area contributed by atoms with Crippen molar-refractivity contribution in [2.24, 2.45) is 0 Å². The van der Waals surface area contributed by atoms with Crippen molar-refractivity contribution in [2.75, 3.05) is 19.6 Å². The van der Waals surface area contributed by atoms with Gasteiger partial charge in [-0.15, -0.1) is 6.42 Å². The van der Waals surface area contributed by atoms with E-state index in [1.54, 1.807) is 4.90 Å². The Kier molecular flexibility index (Phi) is 4.01. The quantitative estimate of drug-likeness (QED) is 0.813. The molecule has 0 saturated carbocycles. The molecule has 0 aromatic heterocycles. The normalized spacial score (nSPS) is 13.6. The highest BCUT2D eigenvalue weighted by atomic mass is 16.2. The van der Waals surface area contributed by atoms with Crippen molar-refractivity contribution in [2.45, 2.75) is 19.9 Å². The smallest absolute Gasteiger partial charge is 0.254 e. The lowest BCUT2D eigenvalue weighted by Gasteiger charge is -2.23. The van der Waals surface area contributed by atoms with Crippen molar-refractivity contribution in [3.05, 3.63) is 34.9 Å². The third-order valence-electron chi connectivity index (χ3n) is 3.32. The first-order valence-electron chi connectivity index (χ1n) is 6.32. The first kappa shape index (κ1) is 12.7. The molecule has 0 saturated heterocycles. The molecule has 1 aliphatic rings. The van der Waals surface area contributed by atoms with Crippen molar-refractivity contribution in [1.29, 1.82) is 0 Å². The lowest BCUT2D eigenvalue weighted by molar-refractivity contribution is 0.0783. The molecule has 94 valence electrons. The molecule has 0 bridgehead atoms. The molecule has 0 radical (unpaired) electrons. The standard InChI is InChI=1S/C15H18N2O/c1-3-10-17(4-2)15(18)14-7-5-6-12-11-16-9-8-13(12)14/h1,5-7,16H,4,8-11H2,2H3. The van der Waals surface area contributed by atoms with Crippen LogP contribution >= 0.6 is 0 Å². The zero-order valence-corrected chi connectivity index (χ0v) is 10.7. The summed E-state index contributed by atoms with van der Waals surface area (Å²) in [6.07, 6.45) is 6.21. The second-order valence-corrected chi connectivity index (χ2v) is 4.39. The van der Waals surface area contributed by atoms with Gasteiger partial charge in [-0.05, 0) is 37.1 Å². The molecule has 0 fully saturated rings. The van der Waals surface area contributed by atoms with Crippen LogP contribution in [0.1, 0.15) is 28.4 Å². The van der Waals surface area contributed by atoms with Crippen molar-refractivity contribution in [3.8, 4) is 12.3 Å². The first-order valence-corrected chi connectivity index (χ1v) is 6.32. The molecule has 1 aliphatic heterocycles. The maximum Gasteiger partial charge on any atom is 0.254 e. The number of fused-ring (bicyclic) bond motifs is 1. The van der Waals surface area contributed by atoms with Crippen molar-refractivity contribution >= 4 is 5.91 Å². The van der Waals surface area contributed by atoms with Gasteiger partial charge in [0.2, 0.25) is 0 Å². The third kappa shape index (κ3) is 2.39. The molecule has 1 aromatic carbocycles. The van der Waals surface area contributed by atoms with E-state index in [-0.39, 0.29) is 5.91 Å². The number of terminal acetylenes is 1. The average Bonchev–Trinajstić information content (AvgIpc) is 2.43. The van der Waals surface area contributed by atoms with E-state index in [2.05, 4.69) is 17.3 Å². The van der Waals surface area contributed by atoms with Crippen LogP contribution < -0.4 is 5.32 Å². The largest absolute Gasteiger partial charge is 0.328 e. The highest BCUT2D eigenvalue weighted by molar-refractivity contribution is 5.96. The first-order chi connectivity index (χ1) is 8.77. The van der Waals surface area contributed by atoms with E-state index in [0.717, 1.165) is 25.1 Å². The molecule has 0 unspecified atom stereocenters. The average molecular weight is 242 g/mol. The van der Waals surface area contributed by atoms with Crippen LogP contribution in [-0.4, -0.2) is 30.4 Å². The maximum absolute atomic E-state index is 12.4. The lowest BCUT2D eigenvalue weighted by Crippen LogP contribution is -2.33. The molecule has 18 heavy (non-hydrogen) atoms. The Bertz CT molecular complexity index is 488. The molecule has 2 rings (SSSR count). The second-order valence-electron chi connectivity index (χ2n) is 4.39. The van der Waals surface area contributed by atoms with Crippen molar-refractivity contribution in [3.63, 3.8) is 0 Å².